The molecule has 6 nitrogen and oxygen atoms in total. The third kappa shape index (κ3) is 3.64. The van der Waals surface area contributed by atoms with Crippen LogP contribution in [0.5, 0.6) is 0 Å². The van der Waals surface area contributed by atoms with Crippen molar-refractivity contribution in [3.8, 4) is 0 Å². The van der Waals surface area contributed by atoms with Crippen molar-refractivity contribution in [1.29, 1.82) is 0 Å². The van der Waals surface area contributed by atoms with E-state index >= 15 is 0 Å². The molecule has 2 aliphatic heterocycles. The zero-order valence-electron chi connectivity index (χ0n) is 12.6. The fraction of sp³-hybridized carbons (Fsp3) is 0.500. The quantitative estimate of drug-likeness (QED) is 0.584. The number of benzene rings is 1. The highest BCUT2D eigenvalue weighted by atomic mass is 16.6. The molecule has 0 radical (unpaired) electrons. The molecule has 2 unspecified atom stereocenters. The van der Waals surface area contributed by atoms with Gasteiger partial charge in [-0.05, 0) is 37.1 Å². The molecule has 1 aromatic rings. The van der Waals surface area contributed by atoms with Gasteiger partial charge in [-0.1, -0.05) is 0 Å². The summed E-state index contributed by atoms with van der Waals surface area (Å²) in [5.74, 6) is -0.801. The van der Waals surface area contributed by atoms with Gasteiger partial charge in [0.1, 0.15) is 25.4 Å². The highest BCUT2D eigenvalue weighted by Gasteiger charge is 2.27. The lowest BCUT2D eigenvalue weighted by Gasteiger charge is -2.11. The van der Waals surface area contributed by atoms with Crippen molar-refractivity contribution >= 4 is 11.9 Å². The van der Waals surface area contributed by atoms with Gasteiger partial charge in [0.05, 0.1) is 24.3 Å². The number of ether oxygens (including phenoxy) is 4. The lowest BCUT2D eigenvalue weighted by molar-refractivity contribution is 0.0461. The van der Waals surface area contributed by atoms with Crippen LogP contribution in [0, 0.1) is 13.8 Å². The molecule has 0 N–H and O–H groups in total. The summed E-state index contributed by atoms with van der Waals surface area (Å²) in [4.78, 5) is 24.1. The van der Waals surface area contributed by atoms with Crippen LogP contribution in [0.2, 0.25) is 0 Å². The Morgan fingerprint density at radius 3 is 1.91 bits per heavy atom. The highest BCUT2D eigenvalue weighted by Crippen LogP contribution is 2.20. The maximum absolute atomic E-state index is 12.1. The van der Waals surface area contributed by atoms with Crippen LogP contribution >= 0.6 is 0 Å². The van der Waals surface area contributed by atoms with Crippen LogP contribution in [0.4, 0.5) is 0 Å². The van der Waals surface area contributed by atoms with E-state index in [-0.39, 0.29) is 25.4 Å². The number of esters is 2. The Morgan fingerprint density at radius 2 is 1.45 bits per heavy atom. The van der Waals surface area contributed by atoms with Crippen molar-refractivity contribution in [3.05, 3.63) is 34.4 Å². The maximum Gasteiger partial charge on any atom is 0.338 e. The molecular weight excluding hydrogens is 288 g/mol. The Balaban J connectivity index is 1.68. The van der Waals surface area contributed by atoms with E-state index in [4.69, 9.17) is 18.9 Å². The molecule has 2 saturated heterocycles. The van der Waals surface area contributed by atoms with Gasteiger partial charge in [0.2, 0.25) is 0 Å². The summed E-state index contributed by atoms with van der Waals surface area (Å²) in [6.45, 7) is 5.36. The lowest BCUT2D eigenvalue weighted by atomic mass is 9.99. The first kappa shape index (κ1) is 15.0. The van der Waals surface area contributed by atoms with Crippen LogP contribution < -0.4 is 0 Å². The van der Waals surface area contributed by atoms with Crippen molar-refractivity contribution in [1.82, 2.24) is 0 Å². The summed E-state index contributed by atoms with van der Waals surface area (Å²) in [6, 6.07) is 3.29. The fourth-order valence-corrected chi connectivity index (χ4v) is 2.22. The molecule has 0 aromatic heterocycles. The van der Waals surface area contributed by atoms with Gasteiger partial charge in [-0.2, -0.15) is 0 Å². The van der Waals surface area contributed by atoms with Crippen LogP contribution in [0.15, 0.2) is 12.1 Å². The van der Waals surface area contributed by atoms with Gasteiger partial charge in [-0.3, -0.25) is 0 Å². The summed E-state index contributed by atoms with van der Waals surface area (Å²) in [6.07, 6.45) is 0.0634. The number of epoxide rings is 2. The largest absolute Gasteiger partial charge is 0.459 e. The van der Waals surface area contributed by atoms with Crippen LogP contribution in [0.1, 0.15) is 31.8 Å². The average Bonchev–Trinajstić information content (AvgIpc) is 3.36. The van der Waals surface area contributed by atoms with E-state index in [9.17, 15) is 9.59 Å². The third-order valence-electron chi connectivity index (χ3n) is 3.58. The first-order valence-electron chi connectivity index (χ1n) is 7.23. The molecule has 22 heavy (non-hydrogen) atoms. The van der Waals surface area contributed by atoms with Crippen molar-refractivity contribution in [2.24, 2.45) is 0 Å². The van der Waals surface area contributed by atoms with E-state index in [1.165, 1.54) is 0 Å². The minimum absolute atomic E-state index is 0.0310. The molecule has 2 aliphatic rings. The Bertz CT molecular complexity index is 578. The van der Waals surface area contributed by atoms with Gasteiger partial charge in [0, 0.05) is 0 Å². The normalized spacial score (nSPS) is 22.1. The Labute approximate surface area is 128 Å². The smallest absolute Gasteiger partial charge is 0.338 e. The van der Waals surface area contributed by atoms with Crippen LogP contribution in [0.25, 0.3) is 0 Å². The molecule has 118 valence electrons. The topological polar surface area (TPSA) is 77.7 Å². The molecule has 2 fully saturated rings. The molecule has 6 heteroatoms. The van der Waals surface area contributed by atoms with Crippen LogP contribution in [-0.2, 0) is 18.9 Å². The summed E-state index contributed by atoms with van der Waals surface area (Å²) in [5, 5.41) is 0. The average molecular weight is 306 g/mol. The minimum Gasteiger partial charge on any atom is -0.459 e. The third-order valence-corrected chi connectivity index (χ3v) is 3.58. The number of carbonyl (C=O) groups is 2. The number of carbonyl (C=O) groups excluding carboxylic acids is 2. The predicted molar refractivity (Wildman–Crippen MR) is 76.0 cm³/mol. The number of rotatable bonds is 6. The van der Waals surface area contributed by atoms with Gasteiger partial charge in [-0.25, -0.2) is 9.59 Å². The van der Waals surface area contributed by atoms with E-state index in [1.54, 1.807) is 26.0 Å². The molecule has 0 saturated carbocycles. The summed E-state index contributed by atoms with van der Waals surface area (Å²) in [7, 11) is 0. The molecule has 2 heterocycles. The van der Waals surface area contributed by atoms with E-state index < -0.39 is 11.9 Å². The molecule has 0 amide bonds. The molecule has 0 bridgehead atoms. The lowest BCUT2D eigenvalue weighted by Crippen LogP contribution is -2.15. The number of hydrogen-bond acceptors (Lipinski definition) is 6. The standard InChI is InChI=1S/C16H18O6/c1-9-3-11(15(17)21-7-12-5-19-12)4-10(2)14(9)16(18)22-8-13-6-20-13/h3-4,12-13H,5-8H2,1-2H3. The van der Waals surface area contributed by atoms with Gasteiger partial charge in [-0.15, -0.1) is 0 Å². The van der Waals surface area contributed by atoms with E-state index in [0.29, 0.717) is 35.5 Å². The second kappa shape index (κ2) is 6.06. The summed E-state index contributed by atoms with van der Waals surface area (Å²) >= 11 is 0. The van der Waals surface area contributed by atoms with E-state index in [2.05, 4.69) is 0 Å². The summed E-state index contributed by atoms with van der Waals surface area (Å²) in [5.41, 5.74) is 2.30. The zero-order chi connectivity index (χ0) is 15.7. The van der Waals surface area contributed by atoms with E-state index in [0.717, 1.165) is 0 Å². The molecular formula is C16H18O6. The van der Waals surface area contributed by atoms with Gasteiger partial charge < -0.3 is 18.9 Å². The van der Waals surface area contributed by atoms with Crippen molar-refractivity contribution in [3.63, 3.8) is 0 Å². The van der Waals surface area contributed by atoms with Crippen molar-refractivity contribution in [2.45, 2.75) is 26.1 Å². The molecule has 0 aliphatic carbocycles. The van der Waals surface area contributed by atoms with Gasteiger partial charge in [0.15, 0.2) is 0 Å². The zero-order valence-corrected chi connectivity index (χ0v) is 12.6. The first-order chi connectivity index (χ1) is 10.5. The van der Waals surface area contributed by atoms with Gasteiger partial charge in [0.25, 0.3) is 0 Å². The van der Waals surface area contributed by atoms with Crippen LogP contribution in [0.3, 0.4) is 0 Å². The maximum atomic E-state index is 12.1. The number of aryl methyl sites for hydroxylation is 2. The second-order valence-electron chi connectivity index (χ2n) is 5.59. The Kier molecular flexibility index (Phi) is 4.13. The first-order valence-corrected chi connectivity index (χ1v) is 7.23. The molecule has 1 aromatic carbocycles. The van der Waals surface area contributed by atoms with E-state index in [1.807, 2.05) is 0 Å². The number of hydrogen-bond donors (Lipinski definition) is 0. The minimum atomic E-state index is -0.409. The van der Waals surface area contributed by atoms with Gasteiger partial charge >= 0.3 is 11.9 Å². The molecule has 3 rings (SSSR count). The predicted octanol–water partition coefficient (Wildman–Crippen LogP) is 1.41. The molecule has 2 atom stereocenters. The van der Waals surface area contributed by atoms with Crippen LogP contribution in [-0.4, -0.2) is 50.6 Å². The second-order valence-corrected chi connectivity index (χ2v) is 5.59. The van der Waals surface area contributed by atoms with Crippen molar-refractivity contribution < 1.29 is 28.5 Å². The molecule has 0 spiro atoms. The SMILES string of the molecule is Cc1cc(C(=O)OCC2CO2)cc(C)c1C(=O)OCC1CO1. The Morgan fingerprint density at radius 1 is 1.00 bits per heavy atom. The van der Waals surface area contributed by atoms with Crippen molar-refractivity contribution in [2.75, 3.05) is 26.4 Å². The summed E-state index contributed by atoms with van der Waals surface area (Å²) < 4.78 is 20.4. The Hall–Kier alpha value is -1.92. The fourth-order valence-electron chi connectivity index (χ4n) is 2.22. The highest BCUT2D eigenvalue weighted by molar-refractivity contribution is 5.96. The monoisotopic (exact) mass is 306 g/mol.